The molecule has 1 aliphatic heterocycles. The Morgan fingerprint density at radius 2 is 1.85 bits per heavy atom. The number of ether oxygens (including phenoxy) is 1. The monoisotopic (exact) mass is 494 g/mol. The Balaban J connectivity index is 1.52. The zero-order valence-electron chi connectivity index (χ0n) is 18.9. The van der Waals surface area contributed by atoms with Gasteiger partial charge in [-0.15, -0.1) is 10.2 Å². The average Bonchev–Trinajstić information content (AvgIpc) is 3.54. The molecule has 2 N–H and O–H groups in total. The Bertz CT molecular complexity index is 993. The lowest BCUT2D eigenvalue weighted by Crippen LogP contribution is -2.43. The Kier molecular flexibility index (Phi) is 7.99. The van der Waals surface area contributed by atoms with Crippen molar-refractivity contribution in [3.05, 3.63) is 30.1 Å². The highest BCUT2D eigenvalue weighted by Gasteiger charge is 2.27. The van der Waals surface area contributed by atoms with Gasteiger partial charge in [0.15, 0.2) is 11.0 Å². The molecule has 34 heavy (non-hydrogen) atoms. The van der Waals surface area contributed by atoms with Crippen LogP contribution in [0.5, 0.6) is 5.75 Å². The third-order valence-electron chi connectivity index (χ3n) is 5.63. The van der Waals surface area contributed by atoms with Crippen LogP contribution in [0.2, 0.25) is 0 Å². The van der Waals surface area contributed by atoms with Crippen LogP contribution in [0, 0.1) is 0 Å². The fourth-order valence-electron chi connectivity index (χ4n) is 3.71. The lowest BCUT2D eigenvalue weighted by Gasteiger charge is -2.26. The summed E-state index contributed by atoms with van der Waals surface area (Å²) in [4.78, 5) is 26.8. The molecule has 2 heterocycles. The van der Waals surface area contributed by atoms with Gasteiger partial charge < -0.3 is 10.1 Å². The van der Waals surface area contributed by atoms with E-state index in [0.29, 0.717) is 23.2 Å². The van der Waals surface area contributed by atoms with Gasteiger partial charge >= 0.3 is 12.6 Å². The smallest absolute Gasteiger partial charge is 0.387 e. The fraction of sp³-hybridized carbons (Fsp3) is 0.545. The van der Waals surface area contributed by atoms with E-state index in [-0.39, 0.29) is 11.8 Å². The van der Waals surface area contributed by atoms with Crippen molar-refractivity contribution < 1.29 is 23.1 Å². The molecule has 1 atom stereocenters. The van der Waals surface area contributed by atoms with Crippen LogP contribution < -0.4 is 15.4 Å². The molecule has 1 saturated carbocycles. The number of halogens is 2. The highest BCUT2D eigenvalue weighted by Crippen LogP contribution is 2.28. The van der Waals surface area contributed by atoms with E-state index in [2.05, 4.69) is 30.5 Å². The average molecular weight is 495 g/mol. The van der Waals surface area contributed by atoms with Gasteiger partial charge in [-0.05, 0) is 70.0 Å². The Labute approximate surface area is 200 Å². The summed E-state index contributed by atoms with van der Waals surface area (Å²) in [5.74, 6) is 0.301. The van der Waals surface area contributed by atoms with Crippen LogP contribution in [0.15, 0.2) is 29.4 Å². The molecule has 3 amide bonds. The van der Waals surface area contributed by atoms with Gasteiger partial charge in [-0.3, -0.25) is 19.6 Å². The fourth-order valence-corrected chi connectivity index (χ4v) is 4.59. The van der Waals surface area contributed by atoms with E-state index in [0.717, 1.165) is 38.8 Å². The van der Waals surface area contributed by atoms with Gasteiger partial charge in [0.1, 0.15) is 5.75 Å². The Morgan fingerprint density at radius 1 is 1.15 bits per heavy atom. The maximum atomic E-state index is 12.5. The number of likely N-dealkylation sites (tertiary alicyclic amines) is 1. The minimum atomic E-state index is -2.90. The van der Waals surface area contributed by atoms with Gasteiger partial charge in [0.2, 0.25) is 5.91 Å². The number of carbonyl (C=O) groups excluding carboxylic acids is 2. The maximum absolute atomic E-state index is 12.5. The van der Waals surface area contributed by atoms with Crippen molar-refractivity contribution in [3.8, 4) is 11.4 Å². The molecule has 1 aromatic carbocycles. The van der Waals surface area contributed by atoms with Crippen LogP contribution >= 0.6 is 11.8 Å². The first-order valence-corrected chi connectivity index (χ1v) is 12.3. The van der Waals surface area contributed by atoms with Crippen molar-refractivity contribution in [2.75, 3.05) is 13.1 Å². The molecule has 1 aromatic heterocycles. The molecular weight excluding hydrogens is 466 g/mol. The Hall–Kier alpha value is -2.73. The summed E-state index contributed by atoms with van der Waals surface area (Å²) in [5, 5.41) is 13.6. The van der Waals surface area contributed by atoms with E-state index in [4.69, 9.17) is 0 Å². The number of amides is 3. The molecule has 1 saturated heterocycles. The third kappa shape index (κ3) is 6.66. The number of urea groups is 1. The number of nitrogens with zero attached hydrogens (tertiary/aromatic N) is 4. The minimum Gasteiger partial charge on any atom is -0.435 e. The first kappa shape index (κ1) is 24.4. The number of hydrogen-bond donors (Lipinski definition) is 2. The van der Waals surface area contributed by atoms with E-state index in [9.17, 15) is 18.4 Å². The van der Waals surface area contributed by atoms with Gasteiger partial charge in [0.05, 0.1) is 11.8 Å². The summed E-state index contributed by atoms with van der Waals surface area (Å²) in [6.07, 6.45) is 5.30. The maximum Gasteiger partial charge on any atom is 0.387 e. The van der Waals surface area contributed by atoms with E-state index in [1.807, 2.05) is 4.57 Å². The van der Waals surface area contributed by atoms with Crippen LogP contribution in [-0.2, 0) is 11.3 Å². The number of piperidine rings is 1. The van der Waals surface area contributed by atoms with Crippen LogP contribution in [0.3, 0.4) is 0 Å². The molecule has 0 spiro atoms. The van der Waals surface area contributed by atoms with Crippen LogP contribution in [-0.4, -0.2) is 62.6 Å². The van der Waals surface area contributed by atoms with Crippen molar-refractivity contribution in [1.29, 1.82) is 0 Å². The topological polar surface area (TPSA) is 101 Å². The van der Waals surface area contributed by atoms with E-state index < -0.39 is 23.8 Å². The lowest BCUT2D eigenvalue weighted by atomic mass is 10.1. The van der Waals surface area contributed by atoms with Crippen molar-refractivity contribution in [2.45, 2.75) is 68.6 Å². The molecule has 2 fully saturated rings. The predicted molar refractivity (Wildman–Crippen MR) is 122 cm³/mol. The normalized spacial score (nSPS) is 17.4. The number of nitrogens with one attached hydrogen (secondary N) is 2. The Morgan fingerprint density at radius 3 is 2.50 bits per heavy atom. The number of benzene rings is 1. The van der Waals surface area contributed by atoms with Gasteiger partial charge in [-0.1, -0.05) is 18.2 Å². The molecule has 0 radical (unpaired) electrons. The molecule has 0 unspecified atom stereocenters. The van der Waals surface area contributed by atoms with Crippen LogP contribution in [0.1, 0.15) is 44.9 Å². The minimum absolute atomic E-state index is 0.0491. The molecular formula is C22H28F2N6O3S. The molecule has 184 valence electrons. The summed E-state index contributed by atoms with van der Waals surface area (Å²) in [6, 6.07) is 5.87. The molecule has 4 rings (SSSR count). The second-order valence-electron chi connectivity index (χ2n) is 8.44. The number of thioether (sulfide) groups is 1. The summed E-state index contributed by atoms with van der Waals surface area (Å²) >= 11 is 1.17. The molecule has 12 heteroatoms. The van der Waals surface area contributed by atoms with E-state index >= 15 is 0 Å². The van der Waals surface area contributed by atoms with Gasteiger partial charge in [0, 0.05) is 11.7 Å². The van der Waals surface area contributed by atoms with Crippen molar-refractivity contribution >= 4 is 23.7 Å². The number of imide groups is 1. The summed E-state index contributed by atoms with van der Waals surface area (Å²) in [7, 11) is 0. The predicted octanol–water partition coefficient (Wildman–Crippen LogP) is 3.32. The van der Waals surface area contributed by atoms with Crippen LogP contribution in [0.4, 0.5) is 13.6 Å². The summed E-state index contributed by atoms with van der Waals surface area (Å²) < 4.78 is 31.4. The standard InChI is InChI=1S/C22H28F2N6O3S/c1-14(19(31)26-21(32)25-15-5-6-15)34-22-28-27-18(13-29-11-3-2-4-12-29)30(22)16-7-9-17(10-8-16)33-20(23)24/h7-10,14-15,20H,2-6,11-13H2,1H3,(H2,25,26,31,32)/t14-/m1/s1. The van der Waals surface area contributed by atoms with Crippen molar-refractivity contribution in [1.82, 2.24) is 30.3 Å². The first-order valence-electron chi connectivity index (χ1n) is 11.4. The quantitative estimate of drug-likeness (QED) is 0.516. The van der Waals surface area contributed by atoms with Gasteiger partial charge in [-0.25, -0.2) is 4.79 Å². The molecule has 2 aliphatic rings. The van der Waals surface area contributed by atoms with Gasteiger partial charge in [-0.2, -0.15) is 8.78 Å². The van der Waals surface area contributed by atoms with E-state index in [1.54, 1.807) is 19.1 Å². The highest BCUT2D eigenvalue weighted by atomic mass is 32.2. The third-order valence-corrected chi connectivity index (χ3v) is 6.68. The number of alkyl halides is 2. The summed E-state index contributed by atoms with van der Waals surface area (Å²) in [6.45, 7) is 1.29. The van der Waals surface area contributed by atoms with Crippen LogP contribution in [0.25, 0.3) is 5.69 Å². The molecule has 1 aliphatic carbocycles. The van der Waals surface area contributed by atoms with E-state index in [1.165, 1.54) is 30.3 Å². The number of carbonyl (C=O) groups is 2. The molecule has 9 nitrogen and oxygen atoms in total. The number of aromatic nitrogens is 3. The number of hydrogen-bond acceptors (Lipinski definition) is 7. The SMILES string of the molecule is C[C@@H](Sc1nnc(CN2CCCCC2)n1-c1ccc(OC(F)F)cc1)C(=O)NC(=O)NC1CC1. The second-order valence-corrected chi connectivity index (χ2v) is 9.75. The van der Waals surface area contributed by atoms with Crippen molar-refractivity contribution in [2.24, 2.45) is 0 Å². The highest BCUT2D eigenvalue weighted by molar-refractivity contribution is 8.00. The molecule has 2 aromatic rings. The second kappa shape index (κ2) is 11.1. The zero-order chi connectivity index (χ0) is 24.1. The summed E-state index contributed by atoms with van der Waals surface area (Å²) in [5.41, 5.74) is 0.667. The largest absolute Gasteiger partial charge is 0.435 e. The van der Waals surface area contributed by atoms with Crippen molar-refractivity contribution in [3.63, 3.8) is 0 Å². The number of rotatable bonds is 9. The molecule has 0 bridgehead atoms. The lowest BCUT2D eigenvalue weighted by molar-refractivity contribution is -0.119. The first-order chi connectivity index (χ1) is 16.4. The van der Waals surface area contributed by atoms with Gasteiger partial charge in [0.25, 0.3) is 0 Å². The zero-order valence-corrected chi connectivity index (χ0v) is 19.7.